The Morgan fingerprint density at radius 1 is 1.14 bits per heavy atom. The van der Waals surface area contributed by atoms with Gasteiger partial charge in [-0.25, -0.2) is 9.78 Å². The summed E-state index contributed by atoms with van der Waals surface area (Å²) in [6, 6.07) is 17.2. The first-order chi connectivity index (χ1) is 17.5. The largest absolute Gasteiger partial charge is 0.465 e. The zero-order valence-corrected chi connectivity index (χ0v) is 20.1. The van der Waals surface area contributed by atoms with Gasteiger partial charge in [0, 0.05) is 52.6 Å². The molecule has 9 heteroatoms. The number of thiophene rings is 1. The fourth-order valence-corrected chi connectivity index (χ4v) is 5.29. The molecule has 8 nitrogen and oxygen atoms in total. The Hall–Kier alpha value is -4.37. The molecule has 0 spiro atoms. The topological polar surface area (TPSA) is 118 Å². The first-order valence-corrected chi connectivity index (χ1v) is 12.3. The van der Waals surface area contributed by atoms with E-state index in [1.165, 1.54) is 22.3 Å². The lowest BCUT2D eigenvalue weighted by molar-refractivity contribution is -0.117. The van der Waals surface area contributed by atoms with Crippen LogP contribution in [0.5, 0.6) is 11.5 Å². The number of benzene rings is 2. The molecule has 0 aliphatic carbocycles. The van der Waals surface area contributed by atoms with Gasteiger partial charge in [-0.1, -0.05) is 30.3 Å². The van der Waals surface area contributed by atoms with E-state index in [-0.39, 0.29) is 11.9 Å². The molecular formula is C27H24N4O4S. The summed E-state index contributed by atoms with van der Waals surface area (Å²) in [5.74, 6) is 1.65. The fraction of sp³-hybridized carbons (Fsp3) is 0.148. The number of nitrogen functional groups attached to an aromatic ring is 1. The van der Waals surface area contributed by atoms with Crippen molar-refractivity contribution in [1.82, 2.24) is 15.2 Å². The molecule has 2 amide bonds. The number of nitrogens with one attached hydrogen (secondary N) is 1. The number of pyridine rings is 1. The van der Waals surface area contributed by atoms with Crippen LogP contribution in [0.3, 0.4) is 0 Å². The van der Waals surface area contributed by atoms with Gasteiger partial charge in [-0.15, -0.1) is 11.3 Å². The number of carboxylic acid groups (broad SMARTS) is 1. The van der Waals surface area contributed by atoms with E-state index in [2.05, 4.69) is 10.3 Å². The lowest BCUT2D eigenvalue weighted by atomic mass is 10.0. The second-order valence-electron chi connectivity index (χ2n) is 8.45. The number of aromatic nitrogens is 1. The summed E-state index contributed by atoms with van der Waals surface area (Å²) in [6.07, 6.45) is 4.45. The molecule has 182 valence electrons. The lowest BCUT2D eigenvalue weighted by Gasteiger charge is -2.12. The van der Waals surface area contributed by atoms with Gasteiger partial charge in [0.25, 0.3) is 0 Å². The summed E-state index contributed by atoms with van der Waals surface area (Å²) >= 11 is 1.54. The second-order valence-corrected chi connectivity index (χ2v) is 9.33. The number of carbonyl (C=O) groups is 2. The molecule has 4 N–H and O–H groups in total. The molecule has 1 aliphatic heterocycles. The standard InChI is InChI=1S/C27H24N4O4S/c28-26-24-22(17-6-9-21(10-7-17)35-20-4-2-1-3-5-20)16-36-25(24)18(14-29-26)8-11-23(32)30-19-12-13-31(15-19)27(33)34/h1-11,14,16,19H,12-13,15H2,(H2,28,29)(H,30,32)(H,33,34)/b11-8+. The maximum atomic E-state index is 12.4. The summed E-state index contributed by atoms with van der Waals surface area (Å²) in [4.78, 5) is 29.1. The van der Waals surface area contributed by atoms with Crippen LogP contribution >= 0.6 is 11.3 Å². The Labute approximate surface area is 211 Å². The van der Waals surface area contributed by atoms with Gasteiger partial charge in [0.15, 0.2) is 0 Å². The first kappa shape index (κ1) is 23.4. The third-order valence-electron chi connectivity index (χ3n) is 6.02. The smallest absolute Gasteiger partial charge is 0.407 e. The SMILES string of the molecule is Nc1ncc(/C=C/C(=O)NC2CCN(C(=O)O)C2)c2scc(-c3ccc(Oc4ccccc4)cc3)c12. The van der Waals surface area contributed by atoms with E-state index in [4.69, 9.17) is 15.6 Å². The van der Waals surface area contributed by atoms with Gasteiger partial charge < -0.3 is 25.8 Å². The van der Waals surface area contributed by atoms with Crippen molar-refractivity contribution in [3.63, 3.8) is 0 Å². The van der Waals surface area contributed by atoms with E-state index < -0.39 is 6.09 Å². The number of anilines is 1. The summed E-state index contributed by atoms with van der Waals surface area (Å²) in [5.41, 5.74) is 8.99. The van der Waals surface area contributed by atoms with Gasteiger partial charge in [0.05, 0.1) is 0 Å². The number of nitrogens with two attached hydrogens (primary N) is 1. The minimum Gasteiger partial charge on any atom is -0.465 e. The minimum atomic E-state index is -0.968. The Balaban J connectivity index is 1.33. The van der Waals surface area contributed by atoms with Crippen molar-refractivity contribution in [2.75, 3.05) is 18.8 Å². The van der Waals surface area contributed by atoms with E-state index in [1.54, 1.807) is 12.3 Å². The summed E-state index contributed by atoms with van der Waals surface area (Å²) in [7, 11) is 0. The number of amides is 2. The molecule has 0 radical (unpaired) electrons. The van der Waals surface area contributed by atoms with Crippen molar-refractivity contribution < 1.29 is 19.4 Å². The van der Waals surface area contributed by atoms with Crippen molar-refractivity contribution in [2.45, 2.75) is 12.5 Å². The molecule has 1 fully saturated rings. The predicted molar refractivity (Wildman–Crippen MR) is 141 cm³/mol. The molecule has 2 aromatic heterocycles. The summed E-state index contributed by atoms with van der Waals surface area (Å²) in [6.45, 7) is 0.718. The molecule has 1 aliphatic rings. The van der Waals surface area contributed by atoms with Crippen LogP contribution in [0.1, 0.15) is 12.0 Å². The molecule has 3 heterocycles. The van der Waals surface area contributed by atoms with Crippen LogP contribution in [0.25, 0.3) is 27.3 Å². The highest BCUT2D eigenvalue weighted by Gasteiger charge is 2.26. The monoisotopic (exact) mass is 500 g/mol. The fourth-order valence-electron chi connectivity index (χ4n) is 4.21. The quantitative estimate of drug-likeness (QED) is 0.313. The number of hydrogen-bond acceptors (Lipinski definition) is 6. The van der Waals surface area contributed by atoms with Gasteiger partial charge in [-0.05, 0) is 47.7 Å². The van der Waals surface area contributed by atoms with Gasteiger partial charge in [0.1, 0.15) is 17.3 Å². The zero-order valence-electron chi connectivity index (χ0n) is 19.3. The number of fused-ring (bicyclic) bond motifs is 1. The van der Waals surface area contributed by atoms with Crippen LogP contribution in [0.2, 0.25) is 0 Å². The maximum Gasteiger partial charge on any atom is 0.407 e. The van der Waals surface area contributed by atoms with Crippen LogP contribution in [-0.2, 0) is 4.79 Å². The van der Waals surface area contributed by atoms with Crippen LogP contribution < -0.4 is 15.8 Å². The number of rotatable bonds is 6. The summed E-state index contributed by atoms with van der Waals surface area (Å²) < 4.78 is 6.82. The van der Waals surface area contributed by atoms with Gasteiger partial charge >= 0.3 is 6.09 Å². The molecule has 1 unspecified atom stereocenters. The van der Waals surface area contributed by atoms with Crippen molar-refractivity contribution in [3.8, 4) is 22.6 Å². The van der Waals surface area contributed by atoms with Crippen LogP contribution in [0.4, 0.5) is 10.6 Å². The van der Waals surface area contributed by atoms with Crippen molar-refractivity contribution in [1.29, 1.82) is 0 Å². The van der Waals surface area contributed by atoms with E-state index in [9.17, 15) is 9.59 Å². The van der Waals surface area contributed by atoms with Crippen LogP contribution in [0, 0.1) is 0 Å². The zero-order chi connectivity index (χ0) is 25.1. The highest BCUT2D eigenvalue weighted by molar-refractivity contribution is 7.18. The molecule has 2 aromatic carbocycles. The first-order valence-electron chi connectivity index (χ1n) is 11.4. The molecule has 4 aromatic rings. The van der Waals surface area contributed by atoms with Crippen molar-refractivity contribution in [2.24, 2.45) is 0 Å². The number of hydrogen-bond donors (Lipinski definition) is 3. The Morgan fingerprint density at radius 3 is 2.61 bits per heavy atom. The number of nitrogens with zero attached hydrogens (tertiary/aromatic N) is 2. The minimum absolute atomic E-state index is 0.190. The van der Waals surface area contributed by atoms with E-state index in [1.807, 2.05) is 60.0 Å². The Kier molecular flexibility index (Phi) is 6.55. The Bertz CT molecular complexity index is 1430. The lowest BCUT2D eigenvalue weighted by Crippen LogP contribution is -2.37. The molecule has 1 saturated heterocycles. The summed E-state index contributed by atoms with van der Waals surface area (Å²) in [5, 5.41) is 14.8. The van der Waals surface area contributed by atoms with Crippen molar-refractivity contribution >= 4 is 45.3 Å². The van der Waals surface area contributed by atoms with Gasteiger partial charge in [-0.3, -0.25) is 4.79 Å². The van der Waals surface area contributed by atoms with E-state index >= 15 is 0 Å². The van der Waals surface area contributed by atoms with E-state index in [0.29, 0.717) is 25.3 Å². The highest BCUT2D eigenvalue weighted by Crippen LogP contribution is 2.39. The molecule has 1 atom stereocenters. The maximum absolute atomic E-state index is 12.4. The Morgan fingerprint density at radius 2 is 1.89 bits per heavy atom. The number of carbonyl (C=O) groups excluding carboxylic acids is 1. The molecule has 36 heavy (non-hydrogen) atoms. The third kappa shape index (κ3) is 5.01. The molecule has 0 bridgehead atoms. The van der Waals surface area contributed by atoms with Gasteiger partial charge in [-0.2, -0.15) is 0 Å². The second kappa shape index (κ2) is 10.1. The van der Waals surface area contributed by atoms with Crippen LogP contribution in [-0.4, -0.2) is 46.1 Å². The number of ether oxygens (including phenoxy) is 1. The molecule has 0 saturated carbocycles. The van der Waals surface area contributed by atoms with Crippen molar-refractivity contribution in [3.05, 3.63) is 77.8 Å². The third-order valence-corrected chi connectivity index (χ3v) is 7.04. The van der Waals surface area contributed by atoms with E-state index in [0.717, 1.165) is 38.3 Å². The highest BCUT2D eigenvalue weighted by atomic mass is 32.1. The number of para-hydroxylation sites is 1. The predicted octanol–water partition coefficient (Wildman–Crippen LogP) is 5.22. The normalized spacial score (nSPS) is 15.4. The van der Waals surface area contributed by atoms with Crippen LogP contribution in [0.15, 0.2) is 72.3 Å². The average molecular weight is 501 g/mol. The average Bonchev–Trinajstić information content (AvgIpc) is 3.53. The molecular weight excluding hydrogens is 476 g/mol. The number of likely N-dealkylation sites (tertiary alicyclic amines) is 1. The molecule has 5 rings (SSSR count). The van der Waals surface area contributed by atoms with Gasteiger partial charge in [0.2, 0.25) is 5.91 Å².